The summed E-state index contributed by atoms with van der Waals surface area (Å²) in [5, 5.41) is 0. The van der Waals surface area contributed by atoms with E-state index in [1.54, 1.807) is 0 Å². The third-order valence-corrected chi connectivity index (χ3v) is 11.5. The minimum atomic E-state index is -0.541. The molecule has 360 valence electrons. The number of carbonyl (C=O) groups is 2. The third kappa shape index (κ3) is 50.2. The standard InChI is InChI=1S/C57H102O5/c1-4-7-10-13-16-19-22-24-26-28-30-32-34-37-40-43-46-49-52-60-53-55(62-57(59)51-48-45-42-39-35-21-18-15-12-9-6-3)54-61-56(58)50-47-44-41-38-36-33-31-29-27-25-23-20-17-14-11-8-5-2/h7,10,16-17,19-20,24-27,55H,4-6,8-9,11-15,18,21-23,28-54H2,1-3H3/b10-7-,19-16-,20-17-,26-24-,27-25-. The number of hydrogen-bond acceptors (Lipinski definition) is 5. The summed E-state index contributed by atoms with van der Waals surface area (Å²) in [6.07, 6.45) is 66.6. The smallest absolute Gasteiger partial charge is 0.306 e. The highest BCUT2D eigenvalue weighted by Crippen LogP contribution is 2.15. The SMILES string of the molecule is CC/C=C\C/C=C\C/C=C\CCCCCCCCCCOCC(COC(=O)CCCCCCCCC/C=C\C/C=C\CCCCC)OC(=O)CCCCCCCCCCCCC. The zero-order chi connectivity index (χ0) is 44.9. The molecule has 0 aromatic heterocycles. The Morgan fingerprint density at radius 3 is 1.19 bits per heavy atom. The largest absolute Gasteiger partial charge is 0.462 e. The zero-order valence-electron chi connectivity index (χ0n) is 41.4. The Hall–Kier alpha value is -2.40. The van der Waals surface area contributed by atoms with Crippen LogP contribution >= 0.6 is 0 Å². The van der Waals surface area contributed by atoms with E-state index >= 15 is 0 Å². The van der Waals surface area contributed by atoms with Crippen molar-refractivity contribution in [1.82, 2.24) is 0 Å². The van der Waals surface area contributed by atoms with Gasteiger partial charge in [-0.3, -0.25) is 9.59 Å². The fourth-order valence-corrected chi connectivity index (χ4v) is 7.56. The summed E-state index contributed by atoms with van der Waals surface area (Å²) in [5.74, 6) is -0.402. The van der Waals surface area contributed by atoms with Crippen molar-refractivity contribution in [2.75, 3.05) is 19.8 Å². The first-order chi connectivity index (χ1) is 30.6. The van der Waals surface area contributed by atoms with Crippen LogP contribution in [-0.2, 0) is 23.8 Å². The van der Waals surface area contributed by atoms with Gasteiger partial charge in [0.1, 0.15) is 6.61 Å². The molecule has 1 unspecified atom stereocenters. The third-order valence-electron chi connectivity index (χ3n) is 11.5. The molecule has 0 aliphatic rings. The summed E-state index contributed by atoms with van der Waals surface area (Å²) in [4.78, 5) is 25.4. The lowest BCUT2D eigenvalue weighted by molar-refractivity contribution is -0.163. The average molecular weight is 867 g/mol. The lowest BCUT2D eigenvalue weighted by Crippen LogP contribution is -2.30. The Balaban J connectivity index is 4.23. The van der Waals surface area contributed by atoms with Crippen molar-refractivity contribution >= 4 is 11.9 Å². The number of carbonyl (C=O) groups excluding carboxylic acids is 2. The first kappa shape index (κ1) is 59.6. The molecule has 0 amide bonds. The first-order valence-electron chi connectivity index (χ1n) is 26.8. The van der Waals surface area contributed by atoms with Gasteiger partial charge in [0.25, 0.3) is 0 Å². The molecule has 0 N–H and O–H groups in total. The van der Waals surface area contributed by atoms with Gasteiger partial charge in [-0.1, -0.05) is 229 Å². The van der Waals surface area contributed by atoms with Gasteiger partial charge in [0.05, 0.1) is 6.61 Å². The van der Waals surface area contributed by atoms with Crippen LogP contribution in [0.2, 0.25) is 0 Å². The summed E-state index contributed by atoms with van der Waals surface area (Å²) in [5.41, 5.74) is 0. The molecule has 0 rings (SSSR count). The van der Waals surface area contributed by atoms with Gasteiger partial charge >= 0.3 is 11.9 Å². The molecule has 0 saturated carbocycles. The van der Waals surface area contributed by atoms with Crippen molar-refractivity contribution in [1.29, 1.82) is 0 Å². The molecule has 0 spiro atoms. The molecule has 0 aliphatic carbocycles. The van der Waals surface area contributed by atoms with E-state index in [1.807, 2.05) is 0 Å². The van der Waals surface area contributed by atoms with Gasteiger partial charge in [-0.2, -0.15) is 0 Å². The molecule has 1 atom stereocenters. The Labute approximate surface area is 385 Å². The summed E-state index contributed by atoms with van der Waals surface area (Å²) < 4.78 is 17.4. The number of unbranched alkanes of at least 4 members (excludes halogenated alkanes) is 28. The van der Waals surface area contributed by atoms with Crippen LogP contribution in [-0.4, -0.2) is 37.9 Å². The normalized spacial score (nSPS) is 12.6. The fraction of sp³-hybridized carbons (Fsp3) is 0.789. The summed E-state index contributed by atoms with van der Waals surface area (Å²) in [6.45, 7) is 7.69. The van der Waals surface area contributed by atoms with Crippen molar-refractivity contribution in [3.8, 4) is 0 Å². The first-order valence-corrected chi connectivity index (χ1v) is 26.8. The average Bonchev–Trinajstić information content (AvgIpc) is 3.27. The van der Waals surface area contributed by atoms with Crippen LogP contribution in [0.25, 0.3) is 0 Å². The molecule has 5 nitrogen and oxygen atoms in total. The van der Waals surface area contributed by atoms with Crippen molar-refractivity contribution in [3.05, 3.63) is 60.8 Å². The highest BCUT2D eigenvalue weighted by Gasteiger charge is 2.17. The van der Waals surface area contributed by atoms with Gasteiger partial charge in [-0.15, -0.1) is 0 Å². The van der Waals surface area contributed by atoms with Gasteiger partial charge < -0.3 is 14.2 Å². The quantitative estimate of drug-likeness (QED) is 0.0346. The highest BCUT2D eigenvalue weighted by atomic mass is 16.6. The van der Waals surface area contributed by atoms with Crippen LogP contribution in [0.3, 0.4) is 0 Å². The van der Waals surface area contributed by atoms with E-state index < -0.39 is 6.10 Å². The summed E-state index contributed by atoms with van der Waals surface area (Å²) >= 11 is 0. The topological polar surface area (TPSA) is 61.8 Å². The number of rotatable bonds is 49. The molecule has 5 heteroatoms. The Morgan fingerprint density at radius 1 is 0.371 bits per heavy atom. The van der Waals surface area contributed by atoms with E-state index in [4.69, 9.17) is 14.2 Å². The second kappa shape index (κ2) is 52.9. The minimum absolute atomic E-state index is 0.0797. The van der Waals surface area contributed by atoms with E-state index in [2.05, 4.69) is 81.5 Å². The van der Waals surface area contributed by atoms with Gasteiger partial charge in [-0.05, 0) is 83.5 Å². The summed E-state index contributed by atoms with van der Waals surface area (Å²) in [6, 6.07) is 0. The monoisotopic (exact) mass is 867 g/mol. The van der Waals surface area contributed by atoms with E-state index in [9.17, 15) is 9.59 Å². The predicted molar refractivity (Wildman–Crippen MR) is 270 cm³/mol. The minimum Gasteiger partial charge on any atom is -0.462 e. The van der Waals surface area contributed by atoms with Gasteiger partial charge in [0.2, 0.25) is 0 Å². The van der Waals surface area contributed by atoms with Crippen molar-refractivity contribution in [2.24, 2.45) is 0 Å². The van der Waals surface area contributed by atoms with E-state index in [0.29, 0.717) is 19.4 Å². The van der Waals surface area contributed by atoms with Crippen LogP contribution in [0.15, 0.2) is 60.8 Å². The molecule has 0 aromatic rings. The molecule has 0 aromatic carbocycles. The Kier molecular flexibility index (Phi) is 50.9. The van der Waals surface area contributed by atoms with E-state index in [-0.39, 0.29) is 25.2 Å². The van der Waals surface area contributed by atoms with Crippen molar-refractivity contribution < 1.29 is 23.8 Å². The summed E-state index contributed by atoms with van der Waals surface area (Å²) in [7, 11) is 0. The molecule has 62 heavy (non-hydrogen) atoms. The zero-order valence-corrected chi connectivity index (χ0v) is 41.4. The maximum absolute atomic E-state index is 12.8. The van der Waals surface area contributed by atoms with Crippen LogP contribution in [0, 0.1) is 0 Å². The number of esters is 2. The van der Waals surface area contributed by atoms with Crippen LogP contribution < -0.4 is 0 Å². The predicted octanol–water partition coefficient (Wildman–Crippen LogP) is 18.1. The van der Waals surface area contributed by atoms with Crippen molar-refractivity contribution in [3.63, 3.8) is 0 Å². The maximum atomic E-state index is 12.8. The molecule has 0 heterocycles. The number of allylic oxidation sites excluding steroid dienone is 10. The molecular weight excluding hydrogens is 765 g/mol. The lowest BCUT2D eigenvalue weighted by Gasteiger charge is -2.18. The van der Waals surface area contributed by atoms with E-state index in [1.165, 1.54) is 161 Å². The Morgan fingerprint density at radius 2 is 0.726 bits per heavy atom. The van der Waals surface area contributed by atoms with Gasteiger partial charge in [0, 0.05) is 19.4 Å². The fourth-order valence-electron chi connectivity index (χ4n) is 7.56. The molecular formula is C57H102O5. The second-order valence-electron chi connectivity index (χ2n) is 17.8. The van der Waals surface area contributed by atoms with Crippen molar-refractivity contribution in [2.45, 2.75) is 271 Å². The molecule has 0 saturated heterocycles. The number of hydrogen-bond donors (Lipinski definition) is 0. The van der Waals surface area contributed by atoms with Crippen LogP contribution in [0.1, 0.15) is 265 Å². The molecule has 0 bridgehead atoms. The molecule has 0 aliphatic heterocycles. The highest BCUT2D eigenvalue weighted by molar-refractivity contribution is 5.70. The second-order valence-corrected chi connectivity index (χ2v) is 17.8. The number of ether oxygens (including phenoxy) is 3. The van der Waals surface area contributed by atoms with Gasteiger partial charge in [0.15, 0.2) is 6.10 Å². The van der Waals surface area contributed by atoms with Crippen LogP contribution in [0.4, 0.5) is 0 Å². The molecule has 0 radical (unpaired) electrons. The lowest BCUT2D eigenvalue weighted by atomic mass is 10.1. The Bertz CT molecular complexity index is 1070. The van der Waals surface area contributed by atoms with E-state index in [0.717, 1.165) is 70.6 Å². The van der Waals surface area contributed by atoms with Crippen LogP contribution in [0.5, 0.6) is 0 Å². The molecule has 0 fully saturated rings. The van der Waals surface area contributed by atoms with Gasteiger partial charge in [-0.25, -0.2) is 0 Å². The maximum Gasteiger partial charge on any atom is 0.306 e.